The molecule has 1 aliphatic heterocycles. The molecule has 2 unspecified atom stereocenters. The van der Waals surface area contributed by atoms with Crippen LogP contribution in [0.25, 0.3) is 4.96 Å². The summed E-state index contributed by atoms with van der Waals surface area (Å²) < 4.78 is 7.03. The average molecular weight is 298 g/mol. The van der Waals surface area contributed by atoms with Crippen molar-refractivity contribution in [2.75, 3.05) is 24.6 Å². The van der Waals surface area contributed by atoms with Crippen LogP contribution in [0.15, 0.2) is 11.6 Å². The summed E-state index contributed by atoms with van der Waals surface area (Å²) in [6.45, 7) is 2.67. The van der Waals surface area contributed by atoms with E-state index in [2.05, 4.69) is 4.98 Å². The quantitative estimate of drug-likeness (QED) is 0.668. The van der Waals surface area contributed by atoms with Gasteiger partial charge in [0, 0.05) is 18.5 Å². The first-order chi connectivity index (χ1) is 9.60. The van der Waals surface area contributed by atoms with E-state index in [1.54, 1.807) is 11.6 Å². The highest BCUT2D eigenvalue weighted by Crippen LogP contribution is 2.32. The minimum absolute atomic E-state index is 0.0351. The lowest BCUT2D eigenvalue weighted by Gasteiger charge is -2.35. The first-order valence-corrected chi connectivity index (χ1v) is 7.09. The molecule has 2 atom stereocenters. The van der Waals surface area contributed by atoms with Crippen molar-refractivity contribution in [1.29, 1.82) is 0 Å². The van der Waals surface area contributed by atoms with Crippen LogP contribution in [0.5, 0.6) is 0 Å². The highest BCUT2D eigenvalue weighted by molar-refractivity contribution is 7.15. The zero-order valence-electron chi connectivity index (χ0n) is 10.8. The van der Waals surface area contributed by atoms with Crippen molar-refractivity contribution in [3.8, 4) is 0 Å². The number of thiazole rings is 1. The van der Waals surface area contributed by atoms with Gasteiger partial charge < -0.3 is 24.9 Å². The molecule has 1 fully saturated rings. The molecule has 8 nitrogen and oxygen atoms in total. The van der Waals surface area contributed by atoms with Crippen LogP contribution in [0.4, 0.5) is 11.6 Å². The molecule has 0 saturated carbocycles. The second-order valence-corrected chi connectivity index (χ2v) is 5.60. The van der Waals surface area contributed by atoms with Crippen LogP contribution < -0.4 is 4.90 Å². The number of rotatable bonds is 3. The van der Waals surface area contributed by atoms with E-state index in [1.807, 2.05) is 11.8 Å². The van der Waals surface area contributed by atoms with Gasteiger partial charge in [0.15, 0.2) is 0 Å². The minimum atomic E-state index is -0.421. The normalized spacial score (nSPS) is 23.4. The molecule has 1 aliphatic rings. The number of imidazole rings is 1. The summed E-state index contributed by atoms with van der Waals surface area (Å²) in [5, 5.41) is 22.3. The Labute approximate surface area is 118 Å². The third-order valence-corrected chi connectivity index (χ3v) is 3.98. The van der Waals surface area contributed by atoms with Crippen LogP contribution in [0.3, 0.4) is 0 Å². The molecule has 0 spiro atoms. The van der Waals surface area contributed by atoms with Crippen molar-refractivity contribution in [1.82, 2.24) is 9.38 Å². The number of nitro groups is 1. The Kier molecular flexibility index (Phi) is 3.32. The molecule has 1 saturated heterocycles. The SMILES string of the molecule is CC1CN(c2nc3sccn3c2[N+](=O)[O-])CC(CO)O1. The summed E-state index contributed by atoms with van der Waals surface area (Å²) in [4.78, 5) is 17.6. The summed E-state index contributed by atoms with van der Waals surface area (Å²) in [7, 11) is 0. The molecule has 2 aromatic rings. The highest BCUT2D eigenvalue weighted by Gasteiger charge is 2.33. The fourth-order valence-corrected chi connectivity index (χ4v) is 3.17. The fraction of sp³-hybridized carbons (Fsp3) is 0.545. The Balaban J connectivity index is 2.02. The Morgan fingerprint density at radius 3 is 3.15 bits per heavy atom. The zero-order chi connectivity index (χ0) is 14.3. The van der Waals surface area contributed by atoms with Crippen molar-refractivity contribution in [2.45, 2.75) is 19.1 Å². The van der Waals surface area contributed by atoms with E-state index in [0.717, 1.165) is 0 Å². The Hall–Kier alpha value is -1.71. The van der Waals surface area contributed by atoms with Crippen molar-refractivity contribution < 1.29 is 14.8 Å². The maximum Gasteiger partial charge on any atom is 0.373 e. The van der Waals surface area contributed by atoms with Gasteiger partial charge in [-0.05, 0) is 11.8 Å². The molecular formula is C11H14N4O4S. The molecular weight excluding hydrogens is 284 g/mol. The number of ether oxygens (including phenoxy) is 1. The predicted molar refractivity (Wildman–Crippen MR) is 73.4 cm³/mol. The minimum Gasteiger partial charge on any atom is -0.394 e. The lowest BCUT2D eigenvalue weighted by atomic mass is 10.2. The van der Waals surface area contributed by atoms with Crippen LogP contribution in [-0.2, 0) is 4.74 Å². The molecule has 0 aromatic carbocycles. The monoisotopic (exact) mass is 298 g/mol. The summed E-state index contributed by atoms with van der Waals surface area (Å²) in [5.41, 5.74) is 0. The van der Waals surface area contributed by atoms with Gasteiger partial charge in [0.2, 0.25) is 5.82 Å². The number of nitrogens with zero attached hydrogens (tertiary/aromatic N) is 4. The van der Waals surface area contributed by atoms with Crippen molar-refractivity contribution in [3.05, 3.63) is 21.7 Å². The molecule has 3 heterocycles. The molecule has 0 bridgehead atoms. The van der Waals surface area contributed by atoms with E-state index in [9.17, 15) is 15.2 Å². The van der Waals surface area contributed by atoms with Gasteiger partial charge in [-0.15, -0.1) is 0 Å². The van der Waals surface area contributed by atoms with Crippen LogP contribution in [0.2, 0.25) is 0 Å². The van der Waals surface area contributed by atoms with E-state index >= 15 is 0 Å². The predicted octanol–water partition coefficient (Wildman–Crippen LogP) is 0.890. The van der Waals surface area contributed by atoms with Crippen LogP contribution in [0, 0.1) is 10.1 Å². The summed E-state index contributed by atoms with van der Waals surface area (Å²) in [5.74, 6) is 0.308. The van der Waals surface area contributed by atoms with Gasteiger partial charge in [-0.1, -0.05) is 11.3 Å². The molecule has 1 N–H and O–H groups in total. The van der Waals surface area contributed by atoms with E-state index in [0.29, 0.717) is 23.9 Å². The number of hydrogen-bond acceptors (Lipinski definition) is 7. The van der Waals surface area contributed by atoms with Crippen LogP contribution in [0.1, 0.15) is 6.92 Å². The van der Waals surface area contributed by atoms with Gasteiger partial charge in [0.1, 0.15) is 6.20 Å². The van der Waals surface area contributed by atoms with E-state index < -0.39 is 4.92 Å². The van der Waals surface area contributed by atoms with Crippen LogP contribution in [-0.4, -0.2) is 51.3 Å². The topological polar surface area (TPSA) is 93.1 Å². The number of aliphatic hydroxyl groups excluding tert-OH is 1. The van der Waals surface area contributed by atoms with Gasteiger partial charge in [-0.3, -0.25) is 0 Å². The molecule has 0 amide bonds. The highest BCUT2D eigenvalue weighted by atomic mass is 32.1. The number of morpholine rings is 1. The second-order valence-electron chi connectivity index (χ2n) is 4.73. The Morgan fingerprint density at radius 2 is 2.45 bits per heavy atom. The molecule has 0 radical (unpaired) electrons. The Morgan fingerprint density at radius 1 is 1.65 bits per heavy atom. The zero-order valence-corrected chi connectivity index (χ0v) is 11.6. The lowest BCUT2D eigenvalue weighted by molar-refractivity contribution is -0.389. The summed E-state index contributed by atoms with van der Waals surface area (Å²) >= 11 is 1.35. The number of aliphatic hydroxyl groups is 1. The number of fused-ring (bicyclic) bond motifs is 1. The van der Waals surface area contributed by atoms with Crippen molar-refractivity contribution in [3.63, 3.8) is 0 Å². The maximum absolute atomic E-state index is 11.3. The third-order valence-electron chi connectivity index (χ3n) is 3.22. The van der Waals surface area contributed by atoms with Crippen molar-refractivity contribution in [2.24, 2.45) is 0 Å². The van der Waals surface area contributed by atoms with Gasteiger partial charge in [-0.2, -0.15) is 9.38 Å². The first kappa shape index (κ1) is 13.3. The van der Waals surface area contributed by atoms with Crippen molar-refractivity contribution >= 4 is 27.9 Å². The molecule has 108 valence electrons. The lowest BCUT2D eigenvalue weighted by Crippen LogP contribution is -2.48. The average Bonchev–Trinajstić information content (AvgIpc) is 2.96. The summed E-state index contributed by atoms with van der Waals surface area (Å²) in [6.07, 6.45) is 1.18. The number of aromatic nitrogens is 2. The molecule has 0 aliphatic carbocycles. The van der Waals surface area contributed by atoms with E-state index in [4.69, 9.17) is 4.74 Å². The second kappa shape index (κ2) is 5.00. The molecule has 20 heavy (non-hydrogen) atoms. The summed E-state index contributed by atoms with van der Waals surface area (Å²) in [6, 6.07) is 0. The van der Waals surface area contributed by atoms with Gasteiger partial charge in [0.05, 0.1) is 18.8 Å². The molecule has 2 aromatic heterocycles. The van der Waals surface area contributed by atoms with E-state index in [-0.39, 0.29) is 24.6 Å². The third kappa shape index (κ3) is 2.13. The molecule has 3 rings (SSSR count). The van der Waals surface area contributed by atoms with Gasteiger partial charge in [0.25, 0.3) is 4.96 Å². The van der Waals surface area contributed by atoms with Crippen LogP contribution >= 0.6 is 11.3 Å². The number of anilines is 1. The largest absolute Gasteiger partial charge is 0.394 e. The van der Waals surface area contributed by atoms with Gasteiger partial charge in [-0.25, -0.2) is 0 Å². The Bertz CT molecular complexity index is 639. The van der Waals surface area contributed by atoms with Gasteiger partial charge >= 0.3 is 5.82 Å². The smallest absolute Gasteiger partial charge is 0.373 e. The van der Waals surface area contributed by atoms with E-state index in [1.165, 1.54) is 15.7 Å². The maximum atomic E-state index is 11.3. The number of hydrogen-bond donors (Lipinski definition) is 1. The fourth-order valence-electron chi connectivity index (χ4n) is 2.46. The standard InChI is InChI=1S/C11H14N4O4S/c1-7-4-13(5-8(6-16)19-7)9-10(15(17)18)14-2-3-20-11(14)12-9/h2-3,7-8,16H,4-6H2,1H3. The molecule has 9 heteroatoms. The first-order valence-electron chi connectivity index (χ1n) is 6.21.